The van der Waals surface area contributed by atoms with E-state index in [1.807, 2.05) is 0 Å². The monoisotopic (exact) mass is 475 g/mol. The highest BCUT2D eigenvalue weighted by Crippen LogP contribution is 2.34. The lowest BCUT2D eigenvalue weighted by atomic mass is 10.1. The molecule has 0 aromatic heterocycles. The fourth-order valence-corrected chi connectivity index (χ4v) is 3.67. The van der Waals surface area contributed by atoms with Crippen molar-refractivity contribution in [3.8, 4) is 5.75 Å². The predicted molar refractivity (Wildman–Crippen MR) is 105 cm³/mol. The summed E-state index contributed by atoms with van der Waals surface area (Å²) in [5, 5.41) is 11.7. The Hall–Kier alpha value is -3.28. The average molecular weight is 475 g/mol. The molecular weight excluding hydrogens is 455 g/mol. The van der Waals surface area contributed by atoms with Gasteiger partial charge in [0.15, 0.2) is 0 Å². The standard InChI is InChI=1S/C20H20F3NO7S/c1-2-30-18(26)16(24-19(27)31-12-13-6-4-3-5-7-13)10-14-8-9-15(25)11-17(14)32(28,29)20(21,22)23/h3-9,11,16,25H,2,10,12H2,1H3,(H,24,27)/t16-/m0/s1. The van der Waals surface area contributed by atoms with Crippen molar-refractivity contribution in [3.05, 3.63) is 59.7 Å². The van der Waals surface area contributed by atoms with Gasteiger partial charge in [0.25, 0.3) is 9.84 Å². The maximum atomic E-state index is 13.1. The number of aromatic hydroxyl groups is 1. The first-order chi connectivity index (χ1) is 15.0. The van der Waals surface area contributed by atoms with E-state index in [9.17, 15) is 36.3 Å². The molecule has 8 nitrogen and oxygen atoms in total. The number of alkyl halides is 3. The maximum Gasteiger partial charge on any atom is 0.501 e. The minimum Gasteiger partial charge on any atom is -0.508 e. The number of carbonyl (C=O) groups excluding carboxylic acids is 2. The SMILES string of the molecule is CCOC(=O)[C@H](Cc1ccc(O)cc1S(=O)(=O)C(F)(F)F)NC(=O)OCc1ccccc1. The van der Waals surface area contributed by atoms with E-state index in [2.05, 4.69) is 5.32 Å². The van der Waals surface area contributed by atoms with Crippen molar-refractivity contribution in [1.29, 1.82) is 0 Å². The zero-order valence-electron chi connectivity index (χ0n) is 16.8. The molecule has 0 saturated carbocycles. The molecule has 0 radical (unpaired) electrons. The third-order valence-corrected chi connectivity index (χ3v) is 5.71. The van der Waals surface area contributed by atoms with E-state index >= 15 is 0 Å². The van der Waals surface area contributed by atoms with E-state index in [0.717, 1.165) is 12.1 Å². The van der Waals surface area contributed by atoms with Crippen LogP contribution in [0.3, 0.4) is 0 Å². The van der Waals surface area contributed by atoms with Gasteiger partial charge in [0.2, 0.25) is 0 Å². The minimum atomic E-state index is -5.84. The van der Waals surface area contributed by atoms with Gasteiger partial charge in [-0.2, -0.15) is 13.2 Å². The van der Waals surface area contributed by atoms with Crippen LogP contribution in [0.2, 0.25) is 0 Å². The number of rotatable bonds is 8. The van der Waals surface area contributed by atoms with Crippen LogP contribution in [0.1, 0.15) is 18.1 Å². The van der Waals surface area contributed by atoms with Crippen LogP contribution in [-0.4, -0.2) is 43.7 Å². The quantitative estimate of drug-likeness (QED) is 0.563. The molecule has 0 saturated heterocycles. The lowest BCUT2D eigenvalue weighted by molar-refractivity contribution is -0.145. The first-order valence-corrected chi connectivity index (χ1v) is 10.7. The second-order valence-electron chi connectivity index (χ2n) is 6.46. The number of phenols is 1. The van der Waals surface area contributed by atoms with Crippen LogP contribution in [0.5, 0.6) is 5.75 Å². The zero-order chi connectivity index (χ0) is 23.9. The molecule has 0 spiro atoms. The second-order valence-corrected chi connectivity index (χ2v) is 8.37. The first-order valence-electron chi connectivity index (χ1n) is 9.22. The van der Waals surface area contributed by atoms with E-state index in [0.29, 0.717) is 11.6 Å². The minimum absolute atomic E-state index is 0.0979. The van der Waals surface area contributed by atoms with Crippen molar-refractivity contribution in [1.82, 2.24) is 5.32 Å². The Morgan fingerprint density at radius 1 is 1.09 bits per heavy atom. The van der Waals surface area contributed by atoms with Gasteiger partial charge in [-0.05, 0) is 30.2 Å². The largest absolute Gasteiger partial charge is 0.508 e. The highest BCUT2D eigenvalue weighted by atomic mass is 32.2. The summed E-state index contributed by atoms with van der Waals surface area (Å²) in [7, 11) is -5.84. The maximum absolute atomic E-state index is 13.1. The van der Waals surface area contributed by atoms with Crippen molar-refractivity contribution >= 4 is 21.9 Å². The fraction of sp³-hybridized carbons (Fsp3) is 0.300. The topological polar surface area (TPSA) is 119 Å². The Bertz CT molecular complexity index is 1060. The van der Waals surface area contributed by atoms with Crippen LogP contribution in [0.25, 0.3) is 0 Å². The van der Waals surface area contributed by atoms with Crippen LogP contribution in [0.4, 0.5) is 18.0 Å². The summed E-state index contributed by atoms with van der Waals surface area (Å²) in [5.74, 6) is -1.73. The molecule has 1 amide bonds. The van der Waals surface area contributed by atoms with E-state index < -0.39 is 56.1 Å². The summed E-state index contributed by atoms with van der Waals surface area (Å²) in [4.78, 5) is 23.2. The number of nitrogens with one attached hydrogen (secondary N) is 1. The van der Waals surface area contributed by atoms with Crippen LogP contribution in [0.15, 0.2) is 53.4 Å². The molecule has 0 fully saturated rings. The molecule has 174 valence electrons. The van der Waals surface area contributed by atoms with Gasteiger partial charge in [0, 0.05) is 6.42 Å². The second kappa shape index (κ2) is 10.4. The number of phenolic OH excluding ortho intramolecular Hbond substituents is 1. The van der Waals surface area contributed by atoms with Crippen molar-refractivity contribution in [2.45, 2.75) is 36.4 Å². The van der Waals surface area contributed by atoms with Gasteiger partial charge in [-0.25, -0.2) is 18.0 Å². The summed E-state index contributed by atoms with van der Waals surface area (Å²) in [5.41, 5.74) is -5.45. The van der Waals surface area contributed by atoms with Gasteiger partial charge in [-0.3, -0.25) is 0 Å². The molecule has 12 heteroatoms. The van der Waals surface area contributed by atoms with E-state index in [4.69, 9.17) is 9.47 Å². The third kappa shape index (κ3) is 6.36. The van der Waals surface area contributed by atoms with Gasteiger partial charge < -0.3 is 19.9 Å². The number of esters is 1. The Kier molecular flexibility index (Phi) is 8.08. The lowest BCUT2D eigenvalue weighted by Crippen LogP contribution is -2.44. The lowest BCUT2D eigenvalue weighted by Gasteiger charge is -2.19. The molecule has 2 aromatic carbocycles. The normalized spacial score (nSPS) is 12.6. The molecule has 0 bridgehead atoms. The number of sulfone groups is 1. The van der Waals surface area contributed by atoms with Gasteiger partial charge >= 0.3 is 17.6 Å². The Morgan fingerprint density at radius 2 is 1.75 bits per heavy atom. The van der Waals surface area contributed by atoms with E-state index in [1.54, 1.807) is 30.3 Å². The predicted octanol–water partition coefficient (Wildman–Crippen LogP) is 3.09. The molecule has 2 N–H and O–H groups in total. The Balaban J connectivity index is 2.27. The average Bonchev–Trinajstić information content (AvgIpc) is 2.73. The summed E-state index contributed by atoms with van der Waals surface area (Å²) < 4.78 is 72.9. The molecule has 1 atom stereocenters. The zero-order valence-corrected chi connectivity index (χ0v) is 17.6. The molecule has 0 unspecified atom stereocenters. The summed E-state index contributed by atoms with van der Waals surface area (Å²) in [6, 6.07) is 9.29. The molecule has 2 rings (SSSR count). The number of carbonyl (C=O) groups is 2. The van der Waals surface area contributed by atoms with Crippen LogP contribution in [0, 0.1) is 0 Å². The summed E-state index contributed by atoms with van der Waals surface area (Å²) in [6.45, 7) is 1.23. The van der Waals surface area contributed by atoms with Crippen molar-refractivity contribution < 1.29 is 45.8 Å². The first kappa shape index (κ1) is 25.0. The number of halogens is 3. The van der Waals surface area contributed by atoms with E-state index in [1.165, 1.54) is 6.92 Å². The Morgan fingerprint density at radius 3 is 2.34 bits per heavy atom. The number of ether oxygens (including phenoxy) is 2. The van der Waals surface area contributed by atoms with Gasteiger partial charge in [-0.15, -0.1) is 0 Å². The van der Waals surface area contributed by atoms with Gasteiger partial charge in [0.05, 0.1) is 11.5 Å². The van der Waals surface area contributed by atoms with Gasteiger partial charge in [0.1, 0.15) is 18.4 Å². The highest BCUT2D eigenvalue weighted by Gasteiger charge is 2.48. The third-order valence-electron chi connectivity index (χ3n) is 4.14. The summed E-state index contributed by atoms with van der Waals surface area (Å²) >= 11 is 0. The number of alkyl carbamates (subject to hydrolysis) is 1. The highest BCUT2D eigenvalue weighted by molar-refractivity contribution is 7.92. The Labute approximate surface area is 181 Å². The molecular formula is C20H20F3NO7S. The van der Waals surface area contributed by atoms with E-state index in [-0.39, 0.29) is 13.2 Å². The number of benzene rings is 2. The molecule has 2 aromatic rings. The molecule has 0 aliphatic rings. The smallest absolute Gasteiger partial charge is 0.501 e. The number of amides is 1. The van der Waals surface area contributed by atoms with Crippen molar-refractivity contribution in [3.63, 3.8) is 0 Å². The van der Waals surface area contributed by atoms with Crippen LogP contribution < -0.4 is 5.32 Å². The van der Waals surface area contributed by atoms with Crippen molar-refractivity contribution in [2.75, 3.05) is 6.61 Å². The summed E-state index contributed by atoms with van der Waals surface area (Å²) in [6.07, 6.45) is -1.73. The molecule has 0 aliphatic heterocycles. The van der Waals surface area contributed by atoms with Crippen LogP contribution in [-0.2, 0) is 37.1 Å². The van der Waals surface area contributed by atoms with Gasteiger partial charge in [-0.1, -0.05) is 36.4 Å². The molecule has 32 heavy (non-hydrogen) atoms. The molecule has 0 aliphatic carbocycles. The van der Waals surface area contributed by atoms with Crippen molar-refractivity contribution in [2.24, 2.45) is 0 Å². The number of hydrogen-bond acceptors (Lipinski definition) is 7. The molecule has 0 heterocycles. The van der Waals surface area contributed by atoms with Crippen LogP contribution >= 0.6 is 0 Å². The fourth-order valence-electron chi connectivity index (χ4n) is 2.65. The number of hydrogen-bond donors (Lipinski definition) is 2.